The molecule has 0 bridgehead atoms. The molecule has 0 spiro atoms. The second-order valence-electron chi connectivity index (χ2n) is 5.80. The van der Waals surface area contributed by atoms with Crippen LogP contribution < -0.4 is 0 Å². The minimum atomic E-state index is -0.564. The number of nitro benzene ring substituents is 1. The maximum atomic E-state index is 12.6. The summed E-state index contributed by atoms with van der Waals surface area (Å²) in [7, 11) is 0. The van der Waals surface area contributed by atoms with Crippen LogP contribution in [0.5, 0.6) is 0 Å². The Kier molecular flexibility index (Phi) is 4.75. The van der Waals surface area contributed by atoms with Gasteiger partial charge in [-0.2, -0.15) is 5.10 Å². The molecule has 3 rings (SSSR count). The summed E-state index contributed by atoms with van der Waals surface area (Å²) in [6.07, 6.45) is 5.08. The summed E-state index contributed by atoms with van der Waals surface area (Å²) >= 11 is 5.90. The maximum absolute atomic E-state index is 12.6. The zero-order valence-electron chi connectivity index (χ0n) is 12.8. The molecule has 1 saturated heterocycles. The SMILES string of the molecule is O=C(c1ccc([N+](=O)[O-])c(Cl)c1)N1CCC[C@@H](Cn2cncn2)C1. The van der Waals surface area contributed by atoms with Crippen molar-refractivity contribution in [1.82, 2.24) is 19.7 Å². The Labute approximate surface area is 143 Å². The summed E-state index contributed by atoms with van der Waals surface area (Å²) < 4.78 is 1.77. The van der Waals surface area contributed by atoms with Gasteiger partial charge in [0.1, 0.15) is 17.7 Å². The van der Waals surface area contributed by atoms with Crippen LogP contribution in [-0.4, -0.2) is 43.6 Å². The summed E-state index contributed by atoms with van der Waals surface area (Å²) in [5.74, 6) is 0.146. The van der Waals surface area contributed by atoms with Crippen molar-refractivity contribution < 1.29 is 9.72 Å². The highest BCUT2D eigenvalue weighted by molar-refractivity contribution is 6.33. The number of benzene rings is 1. The fraction of sp³-hybridized carbons (Fsp3) is 0.400. The number of halogens is 1. The number of rotatable bonds is 4. The number of likely N-dealkylation sites (tertiary alicyclic amines) is 1. The van der Waals surface area contributed by atoms with Crippen LogP contribution in [-0.2, 0) is 6.54 Å². The van der Waals surface area contributed by atoms with Gasteiger partial charge in [0, 0.05) is 31.3 Å². The van der Waals surface area contributed by atoms with E-state index in [9.17, 15) is 14.9 Å². The lowest BCUT2D eigenvalue weighted by molar-refractivity contribution is -0.384. The molecule has 9 heteroatoms. The maximum Gasteiger partial charge on any atom is 0.287 e. The molecule has 2 aromatic rings. The zero-order valence-corrected chi connectivity index (χ0v) is 13.6. The van der Waals surface area contributed by atoms with E-state index in [0.29, 0.717) is 31.1 Å². The van der Waals surface area contributed by atoms with Gasteiger partial charge in [-0.3, -0.25) is 19.6 Å². The highest BCUT2D eigenvalue weighted by atomic mass is 35.5. The van der Waals surface area contributed by atoms with Crippen molar-refractivity contribution in [3.05, 3.63) is 51.6 Å². The molecule has 0 aliphatic carbocycles. The highest BCUT2D eigenvalue weighted by Gasteiger charge is 2.26. The van der Waals surface area contributed by atoms with Crippen LogP contribution in [0.1, 0.15) is 23.2 Å². The predicted octanol–water partition coefficient (Wildman–Crippen LogP) is 2.39. The van der Waals surface area contributed by atoms with Crippen molar-refractivity contribution in [3.63, 3.8) is 0 Å². The first-order valence-corrected chi connectivity index (χ1v) is 7.98. The fourth-order valence-electron chi connectivity index (χ4n) is 2.96. The number of nitrogens with zero attached hydrogens (tertiary/aromatic N) is 5. The number of nitro groups is 1. The van der Waals surface area contributed by atoms with Crippen LogP contribution in [0.15, 0.2) is 30.9 Å². The quantitative estimate of drug-likeness (QED) is 0.624. The summed E-state index contributed by atoms with van der Waals surface area (Å²) in [5, 5.41) is 14.9. The van der Waals surface area contributed by atoms with Crippen LogP contribution in [0.3, 0.4) is 0 Å². The fourth-order valence-corrected chi connectivity index (χ4v) is 3.21. The summed E-state index contributed by atoms with van der Waals surface area (Å²) in [4.78, 5) is 28.6. The molecule has 2 heterocycles. The minimum absolute atomic E-state index is 0.0259. The Bertz CT molecular complexity index is 750. The number of amides is 1. The average Bonchev–Trinajstić information content (AvgIpc) is 3.07. The zero-order chi connectivity index (χ0) is 17.1. The molecule has 1 aliphatic heterocycles. The van der Waals surface area contributed by atoms with Gasteiger partial charge in [0.25, 0.3) is 11.6 Å². The molecule has 0 radical (unpaired) electrons. The largest absolute Gasteiger partial charge is 0.338 e. The Morgan fingerprint density at radius 1 is 1.46 bits per heavy atom. The second kappa shape index (κ2) is 6.96. The first-order valence-electron chi connectivity index (χ1n) is 7.60. The third-order valence-corrected chi connectivity index (χ3v) is 4.41. The van der Waals surface area contributed by atoms with E-state index in [1.807, 2.05) is 0 Å². The molecule has 0 saturated carbocycles. The smallest absolute Gasteiger partial charge is 0.287 e. The van der Waals surface area contributed by atoms with Crippen LogP contribution in [0, 0.1) is 16.0 Å². The third kappa shape index (κ3) is 3.53. The Balaban J connectivity index is 1.70. The van der Waals surface area contributed by atoms with E-state index in [2.05, 4.69) is 10.1 Å². The van der Waals surface area contributed by atoms with E-state index < -0.39 is 4.92 Å². The van der Waals surface area contributed by atoms with Crippen LogP contribution >= 0.6 is 11.6 Å². The topological polar surface area (TPSA) is 94.2 Å². The summed E-state index contributed by atoms with van der Waals surface area (Å²) in [5.41, 5.74) is 0.169. The number of hydrogen-bond acceptors (Lipinski definition) is 5. The van der Waals surface area contributed by atoms with Gasteiger partial charge < -0.3 is 4.90 Å². The monoisotopic (exact) mass is 349 g/mol. The molecule has 1 fully saturated rings. The second-order valence-corrected chi connectivity index (χ2v) is 6.21. The summed E-state index contributed by atoms with van der Waals surface area (Å²) in [6.45, 7) is 2.00. The van der Waals surface area contributed by atoms with E-state index in [0.717, 1.165) is 12.8 Å². The Morgan fingerprint density at radius 3 is 2.96 bits per heavy atom. The molecule has 1 aliphatic rings. The number of piperidine rings is 1. The van der Waals surface area contributed by atoms with Gasteiger partial charge >= 0.3 is 0 Å². The van der Waals surface area contributed by atoms with Gasteiger partial charge in [0.15, 0.2) is 0 Å². The lowest BCUT2D eigenvalue weighted by Crippen LogP contribution is -2.41. The van der Waals surface area contributed by atoms with Crippen LogP contribution in [0.25, 0.3) is 0 Å². The van der Waals surface area contributed by atoms with E-state index >= 15 is 0 Å². The number of carbonyl (C=O) groups excluding carboxylic acids is 1. The number of carbonyl (C=O) groups is 1. The van der Waals surface area contributed by atoms with E-state index in [1.165, 1.54) is 24.5 Å². The molecular formula is C15H16ClN5O3. The Morgan fingerprint density at radius 2 is 2.29 bits per heavy atom. The van der Waals surface area contributed by atoms with Crippen molar-refractivity contribution in [2.45, 2.75) is 19.4 Å². The summed E-state index contributed by atoms with van der Waals surface area (Å²) in [6, 6.07) is 4.09. The van der Waals surface area contributed by atoms with Crippen molar-refractivity contribution in [2.24, 2.45) is 5.92 Å². The molecule has 0 unspecified atom stereocenters. The minimum Gasteiger partial charge on any atom is -0.338 e. The first-order chi connectivity index (χ1) is 11.5. The lowest BCUT2D eigenvalue weighted by atomic mass is 9.97. The molecule has 1 aromatic carbocycles. The van der Waals surface area contributed by atoms with Gasteiger partial charge in [-0.15, -0.1) is 0 Å². The van der Waals surface area contributed by atoms with Gasteiger partial charge in [-0.05, 0) is 30.9 Å². The van der Waals surface area contributed by atoms with Crippen LogP contribution in [0.2, 0.25) is 5.02 Å². The molecule has 126 valence electrons. The number of aromatic nitrogens is 3. The van der Waals surface area contributed by atoms with E-state index in [4.69, 9.17) is 11.6 Å². The molecular weight excluding hydrogens is 334 g/mol. The third-order valence-electron chi connectivity index (χ3n) is 4.11. The van der Waals surface area contributed by atoms with Crippen molar-refractivity contribution in [3.8, 4) is 0 Å². The highest BCUT2D eigenvalue weighted by Crippen LogP contribution is 2.26. The van der Waals surface area contributed by atoms with Gasteiger partial charge in [-0.25, -0.2) is 4.98 Å². The molecule has 0 N–H and O–H groups in total. The van der Waals surface area contributed by atoms with Gasteiger partial charge in [0.05, 0.1) is 4.92 Å². The average molecular weight is 350 g/mol. The number of hydrogen-bond donors (Lipinski definition) is 0. The lowest BCUT2D eigenvalue weighted by Gasteiger charge is -2.32. The van der Waals surface area contributed by atoms with Crippen LogP contribution in [0.4, 0.5) is 5.69 Å². The molecule has 1 atom stereocenters. The van der Waals surface area contributed by atoms with Crippen molar-refractivity contribution >= 4 is 23.2 Å². The molecule has 24 heavy (non-hydrogen) atoms. The standard InChI is InChI=1S/C15H16ClN5O3/c16-13-6-12(3-4-14(13)21(23)24)15(22)19-5-1-2-11(7-19)8-20-10-17-9-18-20/h3-4,6,9-11H,1-2,5,7-8H2/t11-/m1/s1. The van der Waals surface area contributed by atoms with Crippen molar-refractivity contribution in [1.29, 1.82) is 0 Å². The van der Waals surface area contributed by atoms with E-state index in [-0.39, 0.29) is 16.6 Å². The van der Waals surface area contributed by atoms with E-state index in [1.54, 1.807) is 15.9 Å². The predicted molar refractivity (Wildman–Crippen MR) is 86.8 cm³/mol. The molecule has 1 aromatic heterocycles. The van der Waals surface area contributed by atoms with Gasteiger partial charge in [0.2, 0.25) is 0 Å². The van der Waals surface area contributed by atoms with Crippen molar-refractivity contribution in [2.75, 3.05) is 13.1 Å². The molecule has 1 amide bonds. The molecule has 8 nitrogen and oxygen atoms in total. The normalized spacial score (nSPS) is 17.7. The Hall–Kier alpha value is -2.48. The van der Waals surface area contributed by atoms with Gasteiger partial charge in [-0.1, -0.05) is 11.6 Å². The first kappa shape index (κ1) is 16.4.